The molecule has 0 atom stereocenters. The van der Waals surface area contributed by atoms with Crippen LogP contribution in [0.25, 0.3) is 0 Å². The molecule has 0 saturated carbocycles. The minimum atomic E-state index is -4.44. The summed E-state index contributed by atoms with van der Waals surface area (Å²) in [7, 11) is -4.44. The molecule has 2 N–H and O–H groups in total. The van der Waals surface area contributed by atoms with Gasteiger partial charge in [0.15, 0.2) is 0 Å². The Balaban J connectivity index is 4.07. The molecule has 10 heavy (non-hydrogen) atoms. The van der Waals surface area contributed by atoms with E-state index < -0.39 is 7.82 Å². The molecule has 0 rings (SSSR count). The molecule has 0 aromatic rings. The van der Waals surface area contributed by atoms with Crippen LogP contribution in [0.1, 0.15) is 6.92 Å². The van der Waals surface area contributed by atoms with Gasteiger partial charge in [0.1, 0.15) is 5.76 Å². The topological polar surface area (TPSA) is 66.8 Å². The third-order valence-electron chi connectivity index (χ3n) is 0.705. The quantitative estimate of drug-likeness (QED) is 0.373. The van der Waals surface area contributed by atoms with E-state index in [0.29, 0.717) is 5.57 Å². The lowest BCUT2D eigenvalue weighted by Gasteiger charge is -2.07. The zero-order chi connectivity index (χ0) is 8.36. The lowest BCUT2D eigenvalue weighted by molar-refractivity contribution is 0.246. The van der Waals surface area contributed by atoms with E-state index in [2.05, 4.69) is 17.7 Å². The lowest BCUT2D eigenvalue weighted by atomic mass is 10.3. The first-order valence-corrected chi connectivity index (χ1v) is 3.96. The maximum absolute atomic E-state index is 10.1. The van der Waals surface area contributed by atoms with Crippen LogP contribution in [0.15, 0.2) is 24.5 Å². The second-order valence-electron chi connectivity index (χ2n) is 1.79. The summed E-state index contributed by atoms with van der Waals surface area (Å²) in [4.78, 5) is 16.4. The van der Waals surface area contributed by atoms with Crippen LogP contribution in [0.3, 0.4) is 0 Å². The predicted octanol–water partition coefficient (Wildman–Crippen LogP) is 1.19. The normalized spacial score (nSPS) is 10.7. The number of allylic oxidation sites excluding steroid dienone is 1. The number of hydrogen-bond donors (Lipinski definition) is 2. The third kappa shape index (κ3) is 4.32. The van der Waals surface area contributed by atoms with Gasteiger partial charge in [-0.1, -0.05) is 13.2 Å². The van der Waals surface area contributed by atoms with E-state index in [9.17, 15) is 4.57 Å². The van der Waals surface area contributed by atoms with Gasteiger partial charge in [0, 0.05) is 0 Å². The van der Waals surface area contributed by atoms with Crippen molar-refractivity contribution in [2.24, 2.45) is 0 Å². The van der Waals surface area contributed by atoms with E-state index in [-0.39, 0.29) is 5.76 Å². The van der Waals surface area contributed by atoms with Gasteiger partial charge in [0.25, 0.3) is 0 Å². The van der Waals surface area contributed by atoms with Crippen molar-refractivity contribution in [3.63, 3.8) is 0 Å². The molecular weight excluding hydrogens is 155 g/mol. The second kappa shape index (κ2) is 3.01. The van der Waals surface area contributed by atoms with Crippen LogP contribution in [0.5, 0.6) is 0 Å². The zero-order valence-electron chi connectivity index (χ0n) is 5.57. The van der Waals surface area contributed by atoms with Crippen molar-refractivity contribution in [2.75, 3.05) is 0 Å². The van der Waals surface area contributed by atoms with E-state index in [0.717, 1.165) is 0 Å². The standard InChI is InChI=1S/C5H9O4P/c1-4(2)5(3)9-10(6,7)8/h1,3H2,2H3,(H2,6,7,8). The molecule has 0 aliphatic carbocycles. The largest absolute Gasteiger partial charge is 0.524 e. The molecule has 4 nitrogen and oxygen atoms in total. The van der Waals surface area contributed by atoms with Gasteiger partial charge in [-0.05, 0) is 12.5 Å². The highest BCUT2D eigenvalue weighted by atomic mass is 31.2. The Labute approximate surface area is 59.1 Å². The van der Waals surface area contributed by atoms with Gasteiger partial charge in [-0.25, -0.2) is 4.57 Å². The molecule has 5 heteroatoms. The van der Waals surface area contributed by atoms with Crippen LogP contribution >= 0.6 is 7.82 Å². The molecule has 0 saturated heterocycles. The molecule has 0 heterocycles. The Bertz CT molecular complexity index is 202. The average Bonchev–Trinajstić information content (AvgIpc) is 1.60. The maximum Gasteiger partial charge on any atom is 0.524 e. The Morgan fingerprint density at radius 3 is 2.00 bits per heavy atom. The lowest BCUT2D eigenvalue weighted by Crippen LogP contribution is -1.88. The monoisotopic (exact) mass is 164 g/mol. The fraction of sp³-hybridized carbons (Fsp3) is 0.200. The predicted molar refractivity (Wildman–Crippen MR) is 37.1 cm³/mol. The third-order valence-corrected chi connectivity index (χ3v) is 1.16. The number of rotatable bonds is 3. The molecule has 0 spiro atoms. The Morgan fingerprint density at radius 2 is 1.90 bits per heavy atom. The Kier molecular flexibility index (Phi) is 2.84. The number of phosphoric ester groups is 1. The van der Waals surface area contributed by atoms with E-state index >= 15 is 0 Å². The maximum atomic E-state index is 10.1. The summed E-state index contributed by atoms with van der Waals surface area (Å²) in [5.74, 6) is -0.0895. The summed E-state index contributed by atoms with van der Waals surface area (Å²) in [5, 5.41) is 0. The first-order chi connectivity index (χ1) is 4.33. The highest BCUT2D eigenvalue weighted by Gasteiger charge is 2.16. The summed E-state index contributed by atoms with van der Waals surface area (Å²) in [6.45, 7) is 8.14. The number of hydrogen-bond acceptors (Lipinski definition) is 2. The van der Waals surface area contributed by atoms with Crippen molar-refractivity contribution in [3.05, 3.63) is 24.5 Å². The Hall–Kier alpha value is -0.570. The van der Waals surface area contributed by atoms with Gasteiger partial charge >= 0.3 is 7.82 Å². The van der Waals surface area contributed by atoms with Crippen LogP contribution in [-0.4, -0.2) is 9.79 Å². The van der Waals surface area contributed by atoms with Crippen molar-refractivity contribution < 1.29 is 18.9 Å². The van der Waals surface area contributed by atoms with Gasteiger partial charge in [0.05, 0.1) is 0 Å². The SMILES string of the molecule is C=C(C)C(=C)OP(=O)(O)O. The molecule has 0 aromatic heterocycles. The molecule has 0 unspecified atom stereocenters. The van der Waals surface area contributed by atoms with E-state index in [4.69, 9.17) is 9.79 Å². The van der Waals surface area contributed by atoms with Crippen LogP contribution in [0.4, 0.5) is 0 Å². The second-order valence-corrected chi connectivity index (χ2v) is 2.95. The van der Waals surface area contributed by atoms with Crippen molar-refractivity contribution in [1.29, 1.82) is 0 Å². The fourth-order valence-corrected chi connectivity index (χ4v) is 0.664. The minimum absolute atomic E-state index is 0.0895. The minimum Gasteiger partial charge on any atom is -0.405 e. The highest BCUT2D eigenvalue weighted by molar-refractivity contribution is 7.46. The zero-order valence-corrected chi connectivity index (χ0v) is 6.47. The highest BCUT2D eigenvalue weighted by Crippen LogP contribution is 2.39. The molecule has 58 valence electrons. The van der Waals surface area contributed by atoms with Gasteiger partial charge in [-0.2, -0.15) is 0 Å². The molecule has 0 bridgehead atoms. The summed E-state index contributed by atoms with van der Waals surface area (Å²) < 4.78 is 14.2. The van der Waals surface area contributed by atoms with Crippen LogP contribution < -0.4 is 0 Å². The fourth-order valence-electron chi connectivity index (χ4n) is 0.221. The van der Waals surface area contributed by atoms with E-state index in [1.165, 1.54) is 6.92 Å². The molecule has 0 aliphatic rings. The van der Waals surface area contributed by atoms with E-state index in [1.54, 1.807) is 0 Å². The van der Waals surface area contributed by atoms with Gasteiger partial charge in [-0.15, -0.1) is 0 Å². The first-order valence-electron chi connectivity index (χ1n) is 2.43. The summed E-state index contributed by atoms with van der Waals surface area (Å²) in [6.07, 6.45) is 0. The molecule has 0 aromatic carbocycles. The Morgan fingerprint density at radius 1 is 1.50 bits per heavy atom. The van der Waals surface area contributed by atoms with Crippen molar-refractivity contribution in [2.45, 2.75) is 6.92 Å². The molecule has 0 aliphatic heterocycles. The van der Waals surface area contributed by atoms with Crippen LogP contribution in [0.2, 0.25) is 0 Å². The average molecular weight is 164 g/mol. The van der Waals surface area contributed by atoms with Crippen LogP contribution in [0, 0.1) is 0 Å². The van der Waals surface area contributed by atoms with Crippen LogP contribution in [-0.2, 0) is 9.09 Å². The molecule has 0 amide bonds. The van der Waals surface area contributed by atoms with Crippen molar-refractivity contribution in [1.82, 2.24) is 0 Å². The number of phosphoric acid groups is 1. The first kappa shape index (κ1) is 9.43. The summed E-state index contributed by atoms with van der Waals surface area (Å²) in [6, 6.07) is 0. The molecular formula is C5H9O4P. The van der Waals surface area contributed by atoms with Gasteiger partial charge in [0.2, 0.25) is 0 Å². The summed E-state index contributed by atoms with van der Waals surface area (Å²) in [5.41, 5.74) is 0.392. The van der Waals surface area contributed by atoms with Crippen molar-refractivity contribution in [3.8, 4) is 0 Å². The smallest absolute Gasteiger partial charge is 0.405 e. The van der Waals surface area contributed by atoms with Crippen molar-refractivity contribution >= 4 is 7.82 Å². The molecule has 0 fully saturated rings. The van der Waals surface area contributed by atoms with Gasteiger partial charge in [-0.3, -0.25) is 9.79 Å². The molecule has 0 radical (unpaired) electrons. The summed E-state index contributed by atoms with van der Waals surface area (Å²) >= 11 is 0. The van der Waals surface area contributed by atoms with E-state index in [1.807, 2.05) is 0 Å². The van der Waals surface area contributed by atoms with Gasteiger partial charge < -0.3 is 4.52 Å².